The molecule has 1 atom stereocenters. The zero-order valence-electron chi connectivity index (χ0n) is 12.6. The number of amides is 1. The molecular formula is C18H22N2O. The van der Waals surface area contributed by atoms with Crippen molar-refractivity contribution < 1.29 is 4.79 Å². The van der Waals surface area contributed by atoms with Crippen LogP contribution in [0.15, 0.2) is 48.5 Å². The highest BCUT2D eigenvalue weighted by molar-refractivity contribution is 5.94. The van der Waals surface area contributed by atoms with Crippen molar-refractivity contribution in [3.05, 3.63) is 70.8 Å². The van der Waals surface area contributed by atoms with Crippen molar-refractivity contribution in [1.29, 1.82) is 0 Å². The fraction of sp³-hybridized carbons (Fsp3) is 0.278. The second kappa shape index (κ2) is 7.04. The van der Waals surface area contributed by atoms with E-state index in [0.717, 1.165) is 12.0 Å². The molecule has 0 aliphatic heterocycles. The summed E-state index contributed by atoms with van der Waals surface area (Å²) in [5, 5.41) is 3.44. The van der Waals surface area contributed by atoms with Crippen LogP contribution in [0.1, 0.15) is 46.9 Å². The first kappa shape index (κ1) is 15.3. The summed E-state index contributed by atoms with van der Waals surface area (Å²) < 4.78 is 0. The number of rotatable bonds is 6. The summed E-state index contributed by atoms with van der Waals surface area (Å²) in [6.07, 6.45) is 1.05. The molecule has 2 aromatic carbocycles. The molecule has 0 radical (unpaired) electrons. The van der Waals surface area contributed by atoms with Crippen LogP contribution in [0.5, 0.6) is 0 Å². The lowest BCUT2D eigenvalue weighted by atomic mass is 10.0. The van der Waals surface area contributed by atoms with Crippen molar-refractivity contribution in [2.75, 3.05) is 0 Å². The van der Waals surface area contributed by atoms with Crippen molar-refractivity contribution in [3.8, 4) is 0 Å². The Bertz CT molecular complexity index is 605. The number of nitrogens with one attached hydrogen (secondary N) is 1. The quantitative estimate of drug-likeness (QED) is 0.855. The molecule has 0 aliphatic rings. The van der Waals surface area contributed by atoms with Gasteiger partial charge in [0.1, 0.15) is 0 Å². The molecule has 21 heavy (non-hydrogen) atoms. The molecule has 0 heterocycles. The molecule has 3 heteroatoms. The van der Waals surface area contributed by atoms with E-state index in [1.165, 1.54) is 11.1 Å². The average Bonchev–Trinajstić information content (AvgIpc) is 2.52. The molecule has 110 valence electrons. The number of benzene rings is 2. The Kier molecular flexibility index (Phi) is 5.12. The zero-order valence-corrected chi connectivity index (χ0v) is 12.6. The van der Waals surface area contributed by atoms with Gasteiger partial charge >= 0.3 is 0 Å². The van der Waals surface area contributed by atoms with Crippen LogP contribution in [0.25, 0.3) is 0 Å². The minimum Gasteiger partial charge on any atom is -0.366 e. The summed E-state index contributed by atoms with van der Waals surface area (Å²) in [6.45, 7) is 4.89. The van der Waals surface area contributed by atoms with Crippen LogP contribution < -0.4 is 11.1 Å². The van der Waals surface area contributed by atoms with Gasteiger partial charge < -0.3 is 11.1 Å². The van der Waals surface area contributed by atoms with Crippen LogP contribution in [0.2, 0.25) is 0 Å². The second-order valence-corrected chi connectivity index (χ2v) is 5.22. The van der Waals surface area contributed by atoms with Crippen molar-refractivity contribution >= 4 is 5.91 Å². The van der Waals surface area contributed by atoms with E-state index in [0.29, 0.717) is 12.1 Å². The van der Waals surface area contributed by atoms with E-state index in [1.54, 1.807) is 6.07 Å². The number of nitrogens with two attached hydrogens (primary N) is 1. The number of carbonyl (C=O) groups is 1. The van der Waals surface area contributed by atoms with Gasteiger partial charge in [0.15, 0.2) is 0 Å². The minimum atomic E-state index is -0.382. The van der Waals surface area contributed by atoms with E-state index in [-0.39, 0.29) is 11.9 Å². The Balaban J connectivity index is 2.03. The molecule has 2 rings (SSSR count). The lowest BCUT2D eigenvalue weighted by Crippen LogP contribution is -2.21. The number of aryl methyl sites for hydroxylation is 1. The Labute approximate surface area is 126 Å². The van der Waals surface area contributed by atoms with Crippen LogP contribution in [0.3, 0.4) is 0 Å². The Morgan fingerprint density at radius 3 is 2.43 bits per heavy atom. The summed E-state index contributed by atoms with van der Waals surface area (Å²) in [4.78, 5) is 11.4. The van der Waals surface area contributed by atoms with Gasteiger partial charge in [-0.3, -0.25) is 4.79 Å². The van der Waals surface area contributed by atoms with E-state index < -0.39 is 0 Å². The fourth-order valence-electron chi connectivity index (χ4n) is 2.34. The number of hydrogen-bond acceptors (Lipinski definition) is 2. The molecule has 0 fully saturated rings. The van der Waals surface area contributed by atoms with Crippen molar-refractivity contribution in [2.24, 2.45) is 5.73 Å². The average molecular weight is 282 g/mol. The first-order valence-electron chi connectivity index (χ1n) is 7.31. The molecule has 1 amide bonds. The van der Waals surface area contributed by atoms with Crippen LogP contribution in [0, 0.1) is 0 Å². The van der Waals surface area contributed by atoms with Gasteiger partial charge in [0.05, 0.1) is 0 Å². The van der Waals surface area contributed by atoms with Gasteiger partial charge in [0.25, 0.3) is 0 Å². The fourth-order valence-corrected chi connectivity index (χ4v) is 2.34. The smallest absolute Gasteiger partial charge is 0.249 e. The van der Waals surface area contributed by atoms with Gasteiger partial charge in [-0.25, -0.2) is 0 Å². The van der Waals surface area contributed by atoms with Crippen molar-refractivity contribution in [3.63, 3.8) is 0 Å². The largest absolute Gasteiger partial charge is 0.366 e. The van der Waals surface area contributed by atoms with Crippen LogP contribution in [0.4, 0.5) is 0 Å². The van der Waals surface area contributed by atoms with E-state index in [1.807, 2.05) is 18.2 Å². The minimum absolute atomic E-state index is 0.219. The molecular weight excluding hydrogens is 260 g/mol. The van der Waals surface area contributed by atoms with Gasteiger partial charge in [-0.05, 0) is 36.1 Å². The summed E-state index contributed by atoms with van der Waals surface area (Å²) in [5.74, 6) is -0.382. The van der Waals surface area contributed by atoms with E-state index >= 15 is 0 Å². The Hall–Kier alpha value is -2.13. The van der Waals surface area contributed by atoms with E-state index in [4.69, 9.17) is 5.73 Å². The second-order valence-electron chi connectivity index (χ2n) is 5.22. The molecule has 0 aromatic heterocycles. The highest BCUT2D eigenvalue weighted by Gasteiger charge is 2.09. The van der Waals surface area contributed by atoms with E-state index in [9.17, 15) is 4.79 Å². The number of primary amides is 1. The highest BCUT2D eigenvalue weighted by Crippen LogP contribution is 2.15. The maximum absolute atomic E-state index is 11.4. The molecule has 0 aliphatic carbocycles. The maximum Gasteiger partial charge on any atom is 0.249 e. The zero-order chi connectivity index (χ0) is 15.2. The third-order valence-corrected chi connectivity index (χ3v) is 3.77. The van der Waals surface area contributed by atoms with Gasteiger partial charge in [-0.15, -0.1) is 0 Å². The van der Waals surface area contributed by atoms with Gasteiger partial charge in [-0.1, -0.05) is 49.4 Å². The monoisotopic (exact) mass is 282 g/mol. The third kappa shape index (κ3) is 3.92. The predicted octanol–water partition coefficient (Wildman–Crippen LogP) is 3.20. The highest BCUT2D eigenvalue weighted by atomic mass is 16.1. The number of carbonyl (C=O) groups excluding carboxylic acids is 1. The topological polar surface area (TPSA) is 55.1 Å². The summed E-state index contributed by atoms with van der Waals surface area (Å²) in [6, 6.07) is 16.3. The first-order valence-corrected chi connectivity index (χ1v) is 7.31. The Morgan fingerprint density at radius 2 is 1.81 bits per heavy atom. The third-order valence-electron chi connectivity index (χ3n) is 3.77. The standard InChI is InChI=1S/C18H22N2O/c1-3-14-8-10-15(11-9-14)13(2)20-12-16-6-4-5-7-17(16)18(19)21/h4-11,13,20H,3,12H2,1-2H3,(H2,19,21). The lowest BCUT2D eigenvalue weighted by Gasteiger charge is -2.16. The normalized spacial score (nSPS) is 12.1. The summed E-state index contributed by atoms with van der Waals surface area (Å²) in [5.41, 5.74) is 9.49. The molecule has 0 bridgehead atoms. The SMILES string of the molecule is CCc1ccc(C(C)NCc2ccccc2C(N)=O)cc1. The lowest BCUT2D eigenvalue weighted by molar-refractivity contribution is 0.0999. The summed E-state index contributed by atoms with van der Waals surface area (Å²) >= 11 is 0. The van der Waals surface area contributed by atoms with Crippen LogP contribution >= 0.6 is 0 Å². The molecule has 0 saturated carbocycles. The van der Waals surface area contributed by atoms with Crippen LogP contribution in [-0.2, 0) is 13.0 Å². The first-order chi connectivity index (χ1) is 10.1. The summed E-state index contributed by atoms with van der Waals surface area (Å²) in [7, 11) is 0. The maximum atomic E-state index is 11.4. The van der Waals surface area contributed by atoms with E-state index in [2.05, 4.69) is 43.4 Å². The molecule has 3 N–H and O–H groups in total. The molecule has 1 unspecified atom stereocenters. The molecule has 0 spiro atoms. The molecule has 3 nitrogen and oxygen atoms in total. The van der Waals surface area contributed by atoms with Gasteiger partial charge in [-0.2, -0.15) is 0 Å². The Morgan fingerprint density at radius 1 is 1.14 bits per heavy atom. The van der Waals surface area contributed by atoms with Gasteiger partial charge in [0, 0.05) is 18.2 Å². The van der Waals surface area contributed by atoms with Crippen molar-refractivity contribution in [2.45, 2.75) is 32.9 Å². The van der Waals surface area contributed by atoms with Gasteiger partial charge in [0.2, 0.25) is 5.91 Å². The molecule has 2 aromatic rings. The molecule has 0 saturated heterocycles. The van der Waals surface area contributed by atoms with Crippen LogP contribution in [-0.4, -0.2) is 5.91 Å². The predicted molar refractivity (Wildman–Crippen MR) is 86.0 cm³/mol. The number of hydrogen-bond donors (Lipinski definition) is 2. The van der Waals surface area contributed by atoms with Crippen molar-refractivity contribution in [1.82, 2.24) is 5.32 Å².